The number of nitrogens with one attached hydrogen (secondary N) is 2. The van der Waals surface area contributed by atoms with Gasteiger partial charge in [0.2, 0.25) is 11.8 Å². The van der Waals surface area contributed by atoms with E-state index in [1.165, 1.54) is 11.2 Å². The molecule has 26 heavy (non-hydrogen) atoms. The monoisotopic (exact) mass is 355 g/mol. The summed E-state index contributed by atoms with van der Waals surface area (Å²) in [6.45, 7) is 0.242. The van der Waals surface area contributed by atoms with Crippen molar-refractivity contribution in [3.05, 3.63) is 54.0 Å². The van der Waals surface area contributed by atoms with Gasteiger partial charge in [-0.15, -0.1) is 0 Å². The predicted octanol–water partition coefficient (Wildman–Crippen LogP) is 2.02. The Morgan fingerprint density at radius 2 is 2.00 bits per heavy atom. The van der Waals surface area contributed by atoms with Crippen LogP contribution in [0.15, 0.2) is 47.1 Å². The Morgan fingerprint density at radius 1 is 1.19 bits per heavy atom. The van der Waals surface area contributed by atoms with Crippen LogP contribution in [0, 0.1) is 5.92 Å². The van der Waals surface area contributed by atoms with Crippen molar-refractivity contribution in [3.8, 4) is 0 Å². The maximum absolute atomic E-state index is 12.1. The van der Waals surface area contributed by atoms with Gasteiger partial charge in [0.05, 0.1) is 12.8 Å². The van der Waals surface area contributed by atoms with Gasteiger partial charge in [0, 0.05) is 25.2 Å². The number of carbonyl (C=O) groups is 3. The largest absolute Gasteiger partial charge is 0.459 e. The third-order valence-electron chi connectivity index (χ3n) is 4.09. The number of nitrogens with zero attached hydrogens (tertiary/aromatic N) is 1. The summed E-state index contributed by atoms with van der Waals surface area (Å²) in [7, 11) is 1.54. The summed E-state index contributed by atoms with van der Waals surface area (Å²) in [5.74, 6) is -0.251. The third-order valence-corrected chi connectivity index (χ3v) is 4.09. The first-order chi connectivity index (χ1) is 12.5. The van der Waals surface area contributed by atoms with E-state index in [4.69, 9.17) is 4.42 Å². The van der Waals surface area contributed by atoms with Gasteiger partial charge in [0.15, 0.2) is 5.76 Å². The molecule has 1 aliphatic carbocycles. The summed E-state index contributed by atoms with van der Waals surface area (Å²) in [6, 6.07) is 10.5. The lowest BCUT2D eigenvalue weighted by Crippen LogP contribution is -2.38. The van der Waals surface area contributed by atoms with Gasteiger partial charge in [-0.2, -0.15) is 0 Å². The van der Waals surface area contributed by atoms with E-state index in [-0.39, 0.29) is 35.9 Å². The second-order valence-corrected chi connectivity index (χ2v) is 6.38. The molecule has 0 radical (unpaired) electrons. The number of carbonyl (C=O) groups excluding carboxylic acids is 3. The van der Waals surface area contributed by atoms with E-state index in [0.29, 0.717) is 6.54 Å². The zero-order valence-corrected chi connectivity index (χ0v) is 14.5. The molecule has 1 aliphatic rings. The molecule has 0 unspecified atom stereocenters. The van der Waals surface area contributed by atoms with Crippen molar-refractivity contribution in [2.45, 2.75) is 19.4 Å². The number of amides is 3. The van der Waals surface area contributed by atoms with Gasteiger partial charge in [-0.25, -0.2) is 0 Å². The molecular formula is C19H21N3O4. The van der Waals surface area contributed by atoms with Gasteiger partial charge >= 0.3 is 0 Å². The highest BCUT2D eigenvalue weighted by Crippen LogP contribution is 2.30. The molecule has 7 heteroatoms. The van der Waals surface area contributed by atoms with E-state index in [0.717, 1.165) is 24.1 Å². The highest BCUT2D eigenvalue weighted by Gasteiger charge is 2.29. The molecule has 1 fully saturated rings. The van der Waals surface area contributed by atoms with Crippen molar-refractivity contribution in [1.82, 2.24) is 10.2 Å². The number of hydrogen-bond acceptors (Lipinski definition) is 4. The Hall–Kier alpha value is -3.09. The maximum Gasteiger partial charge on any atom is 0.289 e. The molecule has 2 aromatic rings. The fraction of sp³-hybridized carbons (Fsp3) is 0.316. The molecule has 1 heterocycles. The Balaban J connectivity index is 1.48. The normalized spacial score (nSPS) is 13.1. The van der Waals surface area contributed by atoms with E-state index >= 15 is 0 Å². The van der Waals surface area contributed by atoms with Crippen LogP contribution in [0.5, 0.6) is 0 Å². The molecule has 1 saturated carbocycles. The summed E-state index contributed by atoms with van der Waals surface area (Å²) in [5, 5.41) is 5.65. The van der Waals surface area contributed by atoms with Crippen LogP contribution in [-0.4, -0.2) is 36.2 Å². The number of furan rings is 1. The van der Waals surface area contributed by atoms with Crippen LogP contribution in [0.4, 0.5) is 5.69 Å². The van der Waals surface area contributed by atoms with Crippen molar-refractivity contribution < 1.29 is 18.8 Å². The van der Waals surface area contributed by atoms with Gasteiger partial charge in [0.1, 0.15) is 0 Å². The van der Waals surface area contributed by atoms with E-state index < -0.39 is 0 Å². The molecular weight excluding hydrogens is 334 g/mol. The molecule has 1 aromatic heterocycles. The second-order valence-electron chi connectivity index (χ2n) is 6.38. The zero-order chi connectivity index (χ0) is 18.5. The van der Waals surface area contributed by atoms with E-state index in [2.05, 4.69) is 10.6 Å². The number of hydrogen-bond donors (Lipinski definition) is 2. The first-order valence-electron chi connectivity index (χ1n) is 8.48. The molecule has 7 nitrogen and oxygen atoms in total. The molecule has 3 amide bonds. The number of benzene rings is 1. The zero-order valence-electron chi connectivity index (χ0n) is 14.5. The van der Waals surface area contributed by atoms with Crippen LogP contribution < -0.4 is 10.6 Å². The summed E-state index contributed by atoms with van der Waals surface area (Å²) < 4.78 is 5.04. The van der Waals surface area contributed by atoms with Gasteiger partial charge in [0.25, 0.3) is 5.91 Å². The van der Waals surface area contributed by atoms with Crippen molar-refractivity contribution in [3.63, 3.8) is 0 Å². The number of likely N-dealkylation sites (N-methyl/N-ethyl adjacent to an activating group) is 1. The van der Waals surface area contributed by atoms with Crippen LogP contribution in [0.25, 0.3) is 0 Å². The predicted molar refractivity (Wildman–Crippen MR) is 95.3 cm³/mol. The molecule has 3 rings (SSSR count). The quantitative estimate of drug-likeness (QED) is 0.795. The minimum Gasteiger partial charge on any atom is -0.459 e. The Morgan fingerprint density at radius 3 is 2.69 bits per heavy atom. The van der Waals surface area contributed by atoms with Gasteiger partial charge in [-0.05, 0) is 42.7 Å². The SMILES string of the molecule is CN(CC(=O)NCc1cccc(NC(=O)C2CC2)c1)C(=O)c1ccco1. The smallest absolute Gasteiger partial charge is 0.289 e. The van der Waals surface area contributed by atoms with Crippen LogP contribution in [-0.2, 0) is 16.1 Å². The highest BCUT2D eigenvalue weighted by atomic mass is 16.3. The Labute approximate surface area is 151 Å². The lowest BCUT2D eigenvalue weighted by molar-refractivity contribution is -0.121. The second kappa shape index (κ2) is 7.86. The number of anilines is 1. The third kappa shape index (κ3) is 4.72. The van der Waals surface area contributed by atoms with Crippen LogP contribution >= 0.6 is 0 Å². The first-order valence-corrected chi connectivity index (χ1v) is 8.48. The summed E-state index contributed by atoms with van der Waals surface area (Å²) in [4.78, 5) is 37.2. The first kappa shape index (κ1) is 17.7. The van der Waals surface area contributed by atoms with Crippen molar-refractivity contribution in [2.75, 3.05) is 18.9 Å². The van der Waals surface area contributed by atoms with Crippen LogP contribution in [0.2, 0.25) is 0 Å². The molecule has 0 aliphatic heterocycles. The summed E-state index contributed by atoms with van der Waals surface area (Å²) in [5.41, 5.74) is 1.59. The summed E-state index contributed by atoms with van der Waals surface area (Å²) in [6.07, 6.45) is 3.31. The summed E-state index contributed by atoms with van der Waals surface area (Å²) >= 11 is 0. The fourth-order valence-electron chi connectivity index (χ4n) is 2.48. The highest BCUT2D eigenvalue weighted by molar-refractivity contribution is 5.94. The Bertz CT molecular complexity index is 797. The Kier molecular flexibility index (Phi) is 5.36. The van der Waals surface area contributed by atoms with Gasteiger partial charge in [-0.1, -0.05) is 12.1 Å². The maximum atomic E-state index is 12.1. The van der Waals surface area contributed by atoms with E-state index in [1.807, 2.05) is 24.3 Å². The van der Waals surface area contributed by atoms with E-state index in [9.17, 15) is 14.4 Å². The topological polar surface area (TPSA) is 91.7 Å². The standard InChI is InChI=1S/C19H21N3O4/c1-22(19(25)16-6-3-9-26-16)12-17(23)20-11-13-4-2-5-15(10-13)21-18(24)14-7-8-14/h2-6,9-10,14H,7-8,11-12H2,1H3,(H,20,23)(H,21,24). The van der Waals surface area contributed by atoms with Crippen molar-refractivity contribution >= 4 is 23.4 Å². The van der Waals surface area contributed by atoms with Crippen LogP contribution in [0.1, 0.15) is 29.0 Å². The van der Waals surface area contributed by atoms with Gasteiger partial charge < -0.3 is 20.0 Å². The lowest BCUT2D eigenvalue weighted by atomic mass is 10.2. The molecule has 0 spiro atoms. The van der Waals surface area contributed by atoms with Crippen LogP contribution in [0.3, 0.4) is 0 Å². The van der Waals surface area contributed by atoms with Crippen molar-refractivity contribution in [1.29, 1.82) is 0 Å². The molecule has 2 N–H and O–H groups in total. The minimum atomic E-state index is -0.352. The molecule has 0 saturated heterocycles. The van der Waals surface area contributed by atoms with Crippen molar-refractivity contribution in [2.24, 2.45) is 5.92 Å². The van der Waals surface area contributed by atoms with Gasteiger partial charge in [-0.3, -0.25) is 14.4 Å². The molecule has 1 aromatic carbocycles. The lowest BCUT2D eigenvalue weighted by Gasteiger charge is -2.15. The number of rotatable bonds is 7. The molecule has 0 atom stereocenters. The fourth-order valence-corrected chi connectivity index (χ4v) is 2.48. The van der Waals surface area contributed by atoms with E-state index in [1.54, 1.807) is 19.2 Å². The molecule has 136 valence electrons. The average Bonchev–Trinajstić information content (AvgIpc) is 3.34. The average molecular weight is 355 g/mol. The molecule has 0 bridgehead atoms. The minimum absolute atomic E-state index is 0.0456.